The van der Waals surface area contributed by atoms with Gasteiger partial charge in [0.1, 0.15) is 0 Å². The van der Waals surface area contributed by atoms with Crippen LogP contribution < -0.4 is 0 Å². The summed E-state index contributed by atoms with van der Waals surface area (Å²) in [5, 5.41) is -0.498. The topological polar surface area (TPSA) is 46.6 Å². The van der Waals surface area contributed by atoms with Crippen LogP contribution in [0.2, 0.25) is 0 Å². The molecule has 2 atom stereocenters. The number of benzene rings is 1. The van der Waals surface area contributed by atoms with Crippen molar-refractivity contribution >= 4 is 10.0 Å². The number of sulfonamides is 1. The maximum atomic E-state index is 12.6. The van der Waals surface area contributed by atoms with Gasteiger partial charge in [-0.15, -0.1) is 0 Å². The van der Waals surface area contributed by atoms with Crippen LogP contribution in [-0.2, 0) is 14.8 Å². The average Bonchev–Trinajstić information content (AvgIpc) is 2.90. The Kier molecular flexibility index (Phi) is 4.60. The van der Waals surface area contributed by atoms with Crippen LogP contribution in [0.5, 0.6) is 0 Å². The van der Waals surface area contributed by atoms with Crippen LogP contribution in [0.3, 0.4) is 0 Å². The van der Waals surface area contributed by atoms with Crippen LogP contribution in [0.4, 0.5) is 0 Å². The van der Waals surface area contributed by atoms with E-state index in [0.29, 0.717) is 6.54 Å². The van der Waals surface area contributed by atoms with Gasteiger partial charge in [-0.25, -0.2) is 8.42 Å². The molecule has 5 heteroatoms. The molecule has 1 aromatic carbocycles. The van der Waals surface area contributed by atoms with Gasteiger partial charge < -0.3 is 4.74 Å². The van der Waals surface area contributed by atoms with Gasteiger partial charge in [0.2, 0.25) is 10.0 Å². The monoisotopic (exact) mass is 283 g/mol. The molecule has 1 saturated heterocycles. The van der Waals surface area contributed by atoms with Crippen molar-refractivity contribution < 1.29 is 13.2 Å². The number of methoxy groups -OCH3 is 1. The number of rotatable bonds is 5. The van der Waals surface area contributed by atoms with E-state index in [1.807, 2.05) is 30.3 Å². The van der Waals surface area contributed by atoms with E-state index in [2.05, 4.69) is 0 Å². The summed E-state index contributed by atoms with van der Waals surface area (Å²) in [6, 6.07) is 9.84. The van der Waals surface area contributed by atoms with Gasteiger partial charge in [0.15, 0.2) is 0 Å². The van der Waals surface area contributed by atoms with Gasteiger partial charge in [-0.05, 0) is 25.3 Å². The fourth-order valence-corrected chi connectivity index (χ4v) is 4.34. The second-order valence-electron chi connectivity index (χ2n) is 4.99. The summed E-state index contributed by atoms with van der Waals surface area (Å²) in [6.45, 7) is 2.55. The molecule has 0 spiro atoms. The summed E-state index contributed by atoms with van der Waals surface area (Å²) in [5.41, 5.74) is 1.08. The Labute approximate surface area is 115 Å². The number of hydrogen-bond acceptors (Lipinski definition) is 3. The molecule has 0 radical (unpaired) electrons. The smallest absolute Gasteiger partial charge is 0.219 e. The molecule has 1 aromatic rings. The summed E-state index contributed by atoms with van der Waals surface area (Å²) < 4.78 is 31.7. The van der Waals surface area contributed by atoms with Crippen molar-refractivity contribution in [2.45, 2.75) is 31.1 Å². The van der Waals surface area contributed by atoms with Gasteiger partial charge in [0, 0.05) is 19.7 Å². The van der Waals surface area contributed by atoms with Gasteiger partial charge in [0.25, 0.3) is 0 Å². The van der Waals surface area contributed by atoms with Crippen LogP contribution in [0.1, 0.15) is 31.4 Å². The van der Waals surface area contributed by atoms with Crippen LogP contribution in [-0.4, -0.2) is 38.2 Å². The minimum absolute atomic E-state index is 0.0227. The predicted octanol–water partition coefficient (Wildman–Crippen LogP) is 2.19. The molecule has 0 aliphatic carbocycles. The van der Waals surface area contributed by atoms with E-state index in [9.17, 15) is 8.42 Å². The highest BCUT2D eigenvalue weighted by Crippen LogP contribution is 2.35. The zero-order valence-electron chi connectivity index (χ0n) is 11.5. The van der Waals surface area contributed by atoms with E-state index < -0.39 is 15.3 Å². The average molecular weight is 283 g/mol. The molecule has 1 fully saturated rings. The molecule has 4 nitrogen and oxygen atoms in total. The molecule has 1 aliphatic heterocycles. The highest BCUT2D eigenvalue weighted by molar-refractivity contribution is 7.89. The Morgan fingerprint density at radius 3 is 2.68 bits per heavy atom. The maximum Gasteiger partial charge on any atom is 0.219 e. The normalized spacial score (nSPS) is 22.5. The molecule has 19 heavy (non-hydrogen) atoms. The zero-order chi connectivity index (χ0) is 13.9. The Balaban J connectivity index is 2.24. The van der Waals surface area contributed by atoms with Gasteiger partial charge in [-0.3, -0.25) is 0 Å². The Bertz CT molecular complexity index is 501. The minimum atomic E-state index is -3.29. The van der Waals surface area contributed by atoms with Crippen LogP contribution in [0.25, 0.3) is 0 Å². The van der Waals surface area contributed by atoms with Gasteiger partial charge in [-0.1, -0.05) is 30.3 Å². The lowest BCUT2D eigenvalue weighted by Crippen LogP contribution is -2.39. The standard InChI is InChI=1S/C14H21NO3S/c1-12(11-18-2)19(16,17)15-10-6-9-14(15)13-7-4-3-5-8-13/h3-5,7-8,12,14H,6,9-11H2,1-2H3/t12-,14+/m0/s1. The van der Waals surface area contributed by atoms with Gasteiger partial charge in [0.05, 0.1) is 11.9 Å². The third kappa shape index (κ3) is 2.99. The highest BCUT2D eigenvalue weighted by Gasteiger charge is 2.37. The lowest BCUT2D eigenvalue weighted by Gasteiger charge is -2.27. The van der Waals surface area contributed by atoms with Gasteiger partial charge >= 0.3 is 0 Å². The fraction of sp³-hybridized carbons (Fsp3) is 0.571. The molecule has 0 unspecified atom stereocenters. The third-order valence-corrected chi connectivity index (χ3v) is 5.87. The second-order valence-corrected chi connectivity index (χ2v) is 7.29. The van der Waals surface area contributed by atoms with Crippen molar-refractivity contribution in [3.8, 4) is 0 Å². The van der Waals surface area contributed by atoms with Crippen molar-refractivity contribution in [1.82, 2.24) is 4.31 Å². The van der Waals surface area contributed by atoms with Crippen LogP contribution >= 0.6 is 0 Å². The van der Waals surface area contributed by atoms with E-state index >= 15 is 0 Å². The molecule has 0 N–H and O–H groups in total. The van der Waals surface area contributed by atoms with Crippen molar-refractivity contribution in [3.63, 3.8) is 0 Å². The highest BCUT2D eigenvalue weighted by atomic mass is 32.2. The van der Waals surface area contributed by atoms with Crippen molar-refractivity contribution in [2.75, 3.05) is 20.3 Å². The number of hydrogen-bond donors (Lipinski definition) is 0. The van der Waals surface area contributed by atoms with Crippen molar-refractivity contribution in [1.29, 1.82) is 0 Å². The van der Waals surface area contributed by atoms with Crippen molar-refractivity contribution in [3.05, 3.63) is 35.9 Å². The van der Waals surface area contributed by atoms with E-state index in [-0.39, 0.29) is 12.6 Å². The predicted molar refractivity (Wildman–Crippen MR) is 75.4 cm³/mol. The first kappa shape index (κ1) is 14.5. The summed E-state index contributed by atoms with van der Waals surface area (Å²) in [7, 11) is -1.76. The second kappa shape index (κ2) is 6.03. The molecular formula is C14H21NO3S. The number of ether oxygens (including phenoxy) is 1. The summed E-state index contributed by atoms with van der Waals surface area (Å²) >= 11 is 0. The van der Waals surface area contributed by atoms with E-state index in [1.54, 1.807) is 11.2 Å². The van der Waals surface area contributed by atoms with E-state index in [4.69, 9.17) is 4.74 Å². The molecule has 106 valence electrons. The van der Waals surface area contributed by atoms with Crippen LogP contribution in [0.15, 0.2) is 30.3 Å². The van der Waals surface area contributed by atoms with E-state index in [0.717, 1.165) is 18.4 Å². The first-order valence-electron chi connectivity index (χ1n) is 6.62. The largest absolute Gasteiger partial charge is 0.383 e. The first-order chi connectivity index (χ1) is 9.07. The molecular weight excluding hydrogens is 262 g/mol. The number of nitrogens with zero attached hydrogens (tertiary/aromatic N) is 1. The molecule has 1 aliphatic rings. The Hall–Kier alpha value is -0.910. The maximum absolute atomic E-state index is 12.6. The van der Waals surface area contributed by atoms with Gasteiger partial charge in [-0.2, -0.15) is 4.31 Å². The minimum Gasteiger partial charge on any atom is -0.383 e. The Morgan fingerprint density at radius 1 is 1.37 bits per heavy atom. The quantitative estimate of drug-likeness (QED) is 0.832. The molecule has 0 aromatic heterocycles. The zero-order valence-corrected chi connectivity index (χ0v) is 12.3. The lowest BCUT2D eigenvalue weighted by molar-refractivity contribution is 0.197. The first-order valence-corrected chi connectivity index (χ1v) is 8.12. The molecule has 1 heterocycles. The molecule has 0 saturated carbocycles. The van der Waals surface area contributed by atoms with Crippen molar-refractivity contribution in [2.24, 2.45) is 0 Å². The SMILES string of the molecule is COC[C@H](C)S(=O)(=O)N1CCC[C@@H]1c1ccccc1. The lowest BCUT2D eigenvalue weighted by atomic mass is 10.1. The molecule has 0 amide bonds. The van der Waals surface area contributed by atoms with E-state index in [1.165, 1.54) is 7.11 Å². The fourth-order valence-electron chi connectivity index (χ4n) is 2.60. The summed E-state index contributed by atoms with van der Waals surface area (Å²) in [5.74, 6) is 0. The van der Waals surface area contributed by atoms with Crippen LogP contribution in [0, 0.1) is 0 Å². The summed E-state index contributed by atoms with van der Waals surface area (Å²) in [6.07, 6.45) is 1.81. The molecule has 2 rings (SSSR count). The Morgan fingerprint density at radius 2 is 2.05 bits per heavy atom. The third-order valence-electron chi connectivity index (χ3n) is 3.62. The summed E-state index contributed by atoms with van der Waals surface area (Å²) in [4.78, 5) is 0. The molecule has 0 bridgehead atoms.